The van der Waals surface area contributed by atoms with Crippen LogP contribution in [-0.2, 0) is 6.54 Å². The van der Waals surface area contributed by atoms with Gasteiger partial charge in [0.2, 0.25) is 0 Å². The molecule has 2 aliphatic rings. The van der Waals surface area contributed by atoms with Crippen LogP contribution in [0.5, 0.6) is 0 Å². The van der Waals surface area contributed by atoms with Gasteiger partial charge in [0.1, 0.15) is 0 Å². The summed E-state index contributed by atoms with van der Waals surface area (Å²) in [6.07, 6.45) is 5.23. The molecule has 6 heteroatoms. The minimum atomic E-state index is 0.629. The third-order valence-electron chi connectivity index (χ3n) is 5.62. The summed E-state index contributed by atoms with van der Waals surface area (Å²) in [5.41, 5.74) is 1.02. The molecule has 23 heavy (non-hydrogen) atoms. The second-order valence-electron chi connectivity index (χ2n) is 6.93. The Hall–Kier alpha value is -1.79. The fourth-order valence-electron chi connectivity index (χ4n) is 4.17. The number of hydrogen-bond acceptors (Lipinski definition) is 5. The highest BCUT2D eigenvalue weighted by Gasteiger charge is 2.39. The van der Waals surface area contributed by atoms with Crippen molar-refractivity contribution in [3.05, 3.63) is 36.2 Å². The SMILES string of the molecule is CN(Cc1nnnn1-c1ccccc1)C1CC2CCC(C1)N2C. The Morgan fingerprint density at radius 3 is 2.52 bits per heavy atom. The van der Waals surface area contributed by atoms with E-state index < -0.39 is 0 Å². The molecule has 2 aliphatic heterocycles. The Morgan fingerprint density at radius 1 is 1.13 bits per heavy atom. The molecular formula is C17H24N6. The second kappa shape index (κ2) is 6.02. The van der Waals surface area contributed by atoms with Crippen LogP contribution in [0.4, 0.5) is 0 Å². The average molecular weight is 312 g/mol. The van der Waals surface area contributed by atoms with Crippen molar-refractivity contribution in [2.24, 2.45) is 0 Å². The summed E-state index contributed by atoms with van der Waals surface area (Å²) in [5, 5.41) is 12.3. The number of rotatable bonds is 4. The molecule has 2 saturated heterocycles. The maximum Gasteiger partial charge on any atom is 0.170 e. The van der Waals surface area contributed by atoms with Crippen LogP contribution in [0.3, 0.4) is 0 Å². The zero-order valence-electron chi connectivity index (χ0n) is 13.8. The Bertz CT molecular complexity index is 640. The minimum absolute atomic E-state index is 0.629. The first-order chi connectivity index (χ1) is 11.2. The van der Waals surface area contributed by atoms with Crippen molar-refractivity contribution in [3.8, 4) is 5.69 Å². The van der Waals surface area contributed by atoms with Gasteiger partial charge in [0.15, 0.2) is 5.82 Å². The summed E-state index contributed by atoms with van der Waals surface area (Å²) in [6, 6.07) is 12.2. The fourth-order valence-corrected chi connectivity index (χ4v) is 4.17. The predicted octanol–water partition coefficient (Wildman–Crippen LogP) is 1.72. The first-order valence-electron chi connectivity index (χ1n) is 8.47. The van der Waals surface area contributed by atoms with Crippen LogP contribution in [-0.4, -0.2) is 62.2 Å². The summed E-state index contributed by atoms with van der Waals surface area (Å²) >= 11 is 0. The molecule has 2 unspecified atom stereocenters. The van der Waals surface area contributed by atoms with Crippen molar-refractivity contribution in [1.82, 2.24) is 30.0 Å². The molecule has 1 aromatic heterocycles. The molecule has 0 radical (unpaired) electrons. The van der Waals surface area contributed by atoms with E-state index in [0.29, 0.717) is 6.04 Å². The molecule has 0 N–H and O–H groups in total. The van der Waals surface area contributed by atoms with Crippen LogP contribution in [0.2, 0.25) is 0 Å². The Kier molecular flexibility index (Phi) is 3.87. The molecule has 0 amide bonds. The molecular weight excluding hydrogens is 288 g/mol. The van der Waals surface area contributed by atoms with E-state index in [2.05, 4.69) is 39.4 Å². The van der Waals surface area contributed by atoms with Crippen molar-refractivity contribution in [2.45, 2.75) is 50.4 Å². The van der Waals surface area contributed by atoms with Crippen molar-refractivity contribution < 1.29 is 0 Å². The Balaban J connectivity index is 1.48. The Morgan fingerprint density at radius 2 is 1.83 bits per heavy atom. The molecule has 122 valence electrons. The van der Waals surface area contributed by atoms with Crippen molar-refractivity contribution in [2.75, 3.05) is 14.1 Å². The largest absolute Gasteiger partial charge is 0.300 e. The van der Waals surface area contributed by atoms with E-state index in [1.807, 2.05) is 35.0 Å². The number of aromatic nitrogens is 4. The molecule has 2 atom stereocenters. The van der Waals surface area contributed by atoms with Gasteiger partial charge in [-0.3, -0.25) is 4.90 Å². The zero-order chi connectivity index (χ0) is 15.8. The third kappa shape index (κ3) is 2.77. The monoisotopic (exact) mass is 312 g/mol. The van der Waals surface area contributed by atoms with Gasteiger partial charge in [-0.15, -0.1) is 5.10 Å². The zero-order valence-corrected chi connectivity index (χ0v) is 13.8. The lowest BCUT2D eigenvalue weighted by atomic mass is 9.97. The Labute approximate surface area is 137 Å². The molecule has 2 bridgehead atoms. The molecule has 6 nitrogen and oxygen atoms in total. The van der Waals surface area contributed by atoms with Gasteiger partial charge in [-0.25, -0.2) is 0 Å². The number of para-hydroxylation sites is 1. The summed E-state index contributed by atoms with van der Waals surface area (Å²) < 4.78 is 1.85. The lowest BCUT2D eigenvalue weighted by molar-refractivity contribution is 0.0851. The summed E-state index contributed by atoms with van der Waals surface area (Å²) in [4.78, 5) is 5.02. The quantitative estimate of drug-likeness (QED) is 0.860. The number of benzene rings is 1. The van der Waals surface area contributed by atoms with E-state index in [1.165, 1.54) is 25.7 Å². The van der Waals surface area contributed by atoms with E-state index in [4.69, 9.17) is 0 Å². The summed E-state index contributed by atoms with van der Waals surface area (Å²) in [5.74, 6) is 0.907. The highest BCUT2D eigenvalue weighted by Crippen LogP contribution is 2.36. The predicted molar refractivity (Wildman–Crippen MR) is 88.2 cm³/mol. The van der Waals surface area contributed by atoms with Crippen molar-refractivity contribution >= 4 is 0 Å². The number of nitrogens with zero attached hydrogens (tertiary/aromatic N) is 6. The molecule has 4 rings (SSSR count). The third-order valence-corrected chi connectivity index (χ3v) is 5.62. The highest BCUT2D eigenvalue weighted by atomic mass is 15.5. The molecule has 2 fully saturated rings. The molecule has 3 heterocycles. The second-order valence-corrected chi connectivity index (χ2v) is 6.93. The molecule has 2 aromatic rings. The molecule has 0 saturated carbocycles. The number of fused-ring (bicyclic) bond motifs is 2. The molecule has 0 aliphatic carbocycles. The summed E-state index contributed by atoms with van der Waals surface area (Å²) in [7, 11) is 4.49. The van der Waals surface area contributed by atoms with Crippen molar-refractivity contribution in [3.63, 3.8) is 0 Å². The van der Waals surface area contributed by atoms with E-state index >= 15 is 0 Å². The van der Waals surface area contributed by atoms with Gasteiger partial charge < -0.3 is 4.90 Å². The first kappa shape index (κ1) is 14.8. The van der Waals surface area contributed by atoms with E-state index in [9.17, 15) is 0 Å². The standard InChI is InChI=1S/C17H24N6/c1-21(16-10-14-8-9-15(11-16)22(14)2)12-17-18-19-20-23(17)13-6-4-3-5-7-13/h3-7,14-16H,8-12H2,1-2H3. The fraction of sp³-hybridized carbons (Fsp3) is 0.588. The maximum atomic E-state index is 4.25. The lowest BCUT2D eigenvalue weighted by Crippen LogP contribution is -2.47. The van der Waals surface area contributed by atoms with Gasteiger partial charge >= 0.3 is 0 Å². The topological polar surface area (TPSA) is 50.1 Å². The number of hydrogen-bond donors (Lipinski definition) is 0. The normalized spacial score (nSPS) is 27.7. The van der Waals surface area contributed by atoms with Gasteiger partial charge in [0.05, 0.1) is 12.2 Å². The smallest absolute Gasteiger partial charge is 0.170 e. The van der Waals surface area contributed by atoms with E-state index in [0.717, 1.165) is 30.1 Å². The van der Waals surface area contributed by atoms with Gasteiger partial charge in [0.25, 0.3) is 0 Å². The van der Waals surface area contributed by atoms with Crippen LogP contribution in [0.15, 0.2) is 30.3 Å². The minimum Gasteiger partial charge on any atom is -0.300 e. The maximum absolute atomic E-state index is 4.25. The average Bonchev–Trinajstić information content (AvgIpc) is 3.08. The summed E-state index contributed by atoms with van der Waals surface area (Å²) in [6.45, 7) is 0.787. The number of tetrazole rings is 1. The van der Waals surface area contributed by atoms with Crippen LogP contribution in [0.1, 0.15) is 31.5 Å². The molecule has 1 aromatic carbocycles. The number of piperidine rings is 1. The van der Waals surface area contributed by atoms with Crippen LogP contribution in [0.25, 0.3) is 5.69 Å². The first-order valence-corrected chi connectivity index (χ1v) is 8.47. The van der Waals surface area contributed by atoms with Gasteiger partial charge in [-0.1, -0.05) is 18.2 Å². The van der Waals surface area contributed by atoms with Crippen LogP contribution >= 0.6 is 0 Å². The van der Waals surface area contributed by atoms with E-state index in [1.54, 1.807) is 0 Å². The lowest BCUT2D eigenvalue weighted by Gasteiger charge is -2.40. The van der Waals surface area contributed by atoms with Gasteiger partial charge in [-0.05, 0) is 62.3 Å². The van der Waals surface area contributed by atoms with Crippen LogP contribution in [0, 0.1) is 0 Å². The van der Waals surface area contributed by atoms with Gasteiger partial charge in [0, 0.05) is 18.1 Å². The molecule has 0 spiro atoms. The van der Waals surface area contributed by atoms with Crippen LogP contribution < -0.4 is 0 Å². The van der Waals surface area contributed by atoms with Gasteiger partial charge in [-0.2, -0.15) is 4.68 Å². The van der Waals surface area contributed by atoms with E-state index in [-0.39, 0.29) is 0 Å². The van der Waals surface area contributed by atoms with Crippen molar-refractivity contribution in [1.29, 1.82) is 0 Å². The highest BCUT2D eigenvalue weighted by molar-refractivity contribution is 5.30.